The summed E-state index contributed by atoms with van der Waals surface area (Å²) in [6.45, 7) is 2.83. The predicted molar refractivity (Wildman–Crippen MR) is 122 cm³/mol. The van der Waals surface area contributed by atoms with Crippen LogP contribution in [0.1, 0.15) is 18.9 Å². The molecule has 0 bridgehead atoms. The number of carbonyl (C=O) groups is 1. The highest BCUT2D eigenvalue weighted by atomic mass is 35.5. The van der Waals surface area contributed by atoms with Crippen molar-refractivity contribution < 1.29 is 19.0 Å². The summed E-state index contributed by atoms with van der Waals surface area (Å²) >= 11 is 6.00. The highest BCUT2D eigenvalue weighted by molar-refractivity contribution is 6.30. The molecule has 7 nitrogen and oxygen atoms in total. The van der Waals surface area contributed by atoms with Gasteiger partial charge in [0.1, 0.15) is 18.5 Å². The summed E-state index contributed by atoms with van der Waals surface area (Å²) in [7, 11) is 0. The Balaban J connectivity index is 1.36. The third-order valence-electron chi connectivity index (χ3n) is 5.21. The molecule has 8 heteroatoms. The monoisotopic (exact) mass is 455 g/mol. The fraction of sp³-hybridized carbons (Fsp3) is 0.333. The third kappa shape index (κ3) is 6.09. The third-order valence-corrected chi connectivity index (χ3v) is 5.47. The zero-order valence-corrected chi connectivity index (χ0v) is 18.6. The number of carbonyl (C=O) groups excluding carboxylic acids is 1. The number of benzene rings is 2. The van der Waals surface area contributed by atoms with Gasteiger partial charge in [0.05, 0.1) is 19.5 Å². The lowest BCUT2D eigenvalue weighted by molar-refractivity contribution is -0.184. The largest absolute Gasteiger partial charge is 0.491 e. The first-order valence-corrected chi connectivity index (χ1v) is 10.9. The molecule has 1 aliphatic rings. The number of imidazole rings is 1. The van der Waals surface area contributed by atoms with Crippen molar-refractivity contribution in [2.75, 3.05) is 18.5 Å². The molecule has 1 amide bonds. The zero-order valence-electron chi connectivity index (χ0n) is 17.9. The minimum atomic E-state index is -0.760. The second kappa shape index (κ2) is 10.2. The Hall–Kier alpha value is -2.87. The van der Waals surface area contributed by atoms with Gasteiger partial charge in [-0.25, -0.2) is 4.98 Å². The zero-order chi connectivity index (χ0) is 22.4. The van der Waals surface area contributed by atoms with E-state index in [1.165, 1.54) is 12.5 Å². The van der Waals surface area contributed by atoms with Gasteiger partial charge in [0.15, 0.2) is 5.79 Å². The first-order chi connectivity index (χ1) is 15.5. The number of anilines is 1. The fourth-order valence-electron chi connectivity index (χ4n) is 3.66. The first-order valence-electron chi connectivity index (χ1n) is 10.5. The van der Waals surface area contributed by atoms with E-state index < -0.39 is 5.79 Å². The van der Waals surface area contributed by atoms with Gasteiger partial charge in [-0.3, -0.25) is 4.79 Å². The van der Waals surface area contributed by atoms with E-state index in [1.807, 2.05) is 47.2 Å². The Morgan fingerprint density at radius 1 is 1.25 bits per heavy atom. The summed E-state index contributed by atoms with van der Waals surface area (Å²) in [6.07, 6.45) is 6.69. The molecule has 2 heterocycles. The van der Waals surface area contributed by atoms with E-state index in [4.69, 9.17) is 25.8 Å². The Labute approximate surface area is 192 Å². The van der Waals surface area contributed by atoms with Crippen LogP contribution in [0.3, 0.4) is 0 Å². The maximum Gasteiger partial charge on any atom is 0.221 e. The molecule has 0 aliphatic carbocycles. The minimum absolute atomic E-state index is 0.108. The summed E-state index contributed by atoms with van der Waals surface area (Å²) in [5.74, 6) is -0.164. The van der Waals surface area contributed by atoms with Crippen LogP contribution in [0.25, 0.3) is 0 Å². The van der Waals surface area contributed by atoms with Gasteiger partial charge in [-0.05, 0) is 48.4 Å². The van der Waals surface area contributed by atoms with Gasteiger partial charge < -0.3 is 24.1 Å². The number of hydrogen-bond donors (Lipinski definition) is 1. The molecule has 168 valence electrons. The Kier molecular flexibility index (Phi) is 7.09. The van der Waals surface area contributed by atoms with E-state index in [-0.39, 0.29) is 12.0 Å². The first kappa shape index (κ1) is 22.3. The van der Waals surface area contributed by atoms with Crippen LogP contribution in [-0.2, 0) is 27.2 Å². The van der Waals surface area contributed by atoms with Crippen molar-refractivity contribution in [3.8, 4) is 5.75 Å². The van der Waals surface area contributed by atoms with Crippen molar-refractivity contribution in [3.63, 3.8) is 0 Å². The van der Waals surface area contributed by atoms with Crippen LogP contribution in [0.15, 0.2) is 67.3 Å². The van der Waals surface area contributed by atoms with E-state index in [9.17, 15) is 4.79 Å². The van der Waals surface area contributed by atoms with Gasteiger partial charge in [0, 0.05) is 36.4 Å². The number of aromatic nitrogens is 2. The standard InChI is InChI=1S/C24H26ClN3O4/c1-18(29)27-21-6-8-22(9-7-21)30-14-23-15-31-24(32-23,16-28-13-12-26-17-28)11-10-19-2-4-20(25)5-3-19/h2-9,12-13,17,23H,10-11,14-16H2,1H3,(H,27,29)/t23-,24-/m0/s1. The molecule has 0 radical (unpaired) electrons. The summed E-state index contributed by atoms with van der Waals surface area (Å²) < 4.78 is 20.5. The molecule has 0 unspecified atom stereocenters. The summed E-state index contributed by atoms with van der Waals surface area (Å²) in [5.41, 5.74) is 1.90. The Bertz CT molecular complexity index is 1010. The maximum absolute atomic E-state index is 11.1. The van der Waals surface area contributed by atoms with E-state index in [2.05, 4.69) is 10.3 Å². The highest BCUT2D eigenvalue weighted by Gasteiger charge is 2.42. The molecule has 1 fully saturated rings. The van der Waals surface area contributed by atoms with Crippen LogP contribution in [0, 0.1) is 0 Å². The van der Waals surface area contributed by atoms with Crippen molar-refractivity contribution in [3.05, 3.63) is 77.8 Å². The number of rotatable bonds is 9. The Morgan fingerprint density at radius 2 is 2.03 bits per heavy atom. The SMILES string of the molecule is CC(=O)Nc1ccc(OC[C@H]2CO[C@](CCc3ccc(Cl)cc3)(Cn3ccnc3)O2)cc1. The average Bonchev–Trinajstić information content (AvgIpc) is 3.43. The molecule has 2 atom stereocenters. The van der Waals surface area contributed by atoms with Crippen molar-refractivity contribution >= 4 is 23.2 Å². The van der Waals surface area contributed by atoms with Crippen LogP contribution in [0.4, 0.5) is 5.69 Å². The molecule has 2 aromatic carbocycles. The second-order valence-corrected chi connectivity index (χ2v) is 8.28. The smallest absolute Gasteiger partial charge is 0.221 e. The molecule has 4 rings (SSSR count). The van der Waals surface area contributed by atoms with Crippen molar-refractivity contribution in [1.82, 2.24) is 9.55 Å². The topological polar surface area (TPSA) is 74.6 Å². The fourth-order valence-corrected chi connectivity index (χ4v) is 3.79. The molecular formula is C24H26ClN3O4. The lowest BCUT2D eigenvalue weighted by Crippen LogP contribution is -2.37. The molecule has 32 heavy (non-hydrogen) atoms. The van der Waals surface area contributed by atoms with Gasteiger partial charge >= 0.3 is 0 Å². The number of ether oxygens (including phenoxy) is 3. The van der Waals surface area contributed by atoms with Crippen molar-refractivity contribution in [2.24, 2.45) is 0 Å². The molecule has 1 aromatic heterocycles. The maximum atomic E-state index is 11.1. The van der Waals surface area contributed by atoms with Crippen LogP contribution in [0.5, 0.6) is 5.75 Å². The molecule has 0 spiro atoms. The Morgan fingerprint density at radius 3 is 2.72 bits per heavy atom. The summed E-state index contributed by atoms with van der Waals surface area (Å²) in [4.78, 5) is 15.3. The van der Waals surface area contributed by atoms with E-state index in [0.29, 0.717) is 31.9 Å². The van der Waals surface area contributed by atoms with E-state index >= 15 is 0 Å². The lowest BCUT2D eigenvalue weighted by atomic mass is 10.0. The van der Waals surface area contributed by atoms with Gasteiger partial charge in [0.2, 0.25) is 5.91 Å². The number of aryl methyl sites for hydroxylation is 1. The summed E-state index contributed by atoms with van der Waals surface area (Å²) in [5, 5.41) is 3.46. The second-order valence-electron chi connectivity index (χ2n) is 7.84. The number of nitrogens with one attached hydrogen (secondary N) is 1. The van der Waals surface area contributed by atoms with Crippen molar-refractivity contribution in [1.29, 1.82) is 0 Å². The quantitative estimate of drug-likeness (QED) is 0.520. The van der Waals surface area contributed by atoms with Crippen molar-refractivity contribution in [2.45, 2.75) is 38.2 Å². The number of halogens is 1. The van der Waals surface area contributed by atoms with Crippen LogP contribution in [-0.4, -0.2) is 40.6 Å². The lowest BCUT2D eigenvalue weighted by Gasteiger charge is -2.28. The van der Waals surface area contributed by atoms with Gasteiger partial charge in [0.25, 0.3) is 0 Å². The number of nitrogens with zero attached hydrogens (tertiary/aromatic N) is 2. The average molecular weight is 456 g/mol. The van der Waals surface area contributed by atoms with Gasteiger partial charge in [-0.2, -0.15) is 0 Å². The minimum Gasteiger partial charge on any atom is -0.491 e. The van der Waals surface area contributed by atoms with E-state index in [0.717, 1.165) is 17.1 Å². The van der Waals surface area contributed by atoms with E-state index in [1.54, 1.807) is 24.7 Å². The molecular weight excluding hydrogens is 430 g/mol. The molecule has 3 aromatic rings. The summed E-state index contributed by atoms with van der Waals surface area (Å²) in [6, 6.07) is 15.1. The van der Waals surface area contributed by atoms with Crippen LogP contribution >= 0.6 is 11.6 Å². The molecule has 1 aliphatic heterocycles. The normalized spacial score (nSPS) is 20.2. The van der Waals surface area contributed by atoms with Gasteiger partial charge in [-0.15, -0.1) is 0 Å². The van der Waals surface area contributed by atoms with Crippen LogP contribution in [0.2, 0.25) is 5.02 Å². The molecule has 0 saturated carbocycles. The number of hydrogen-bond acceptors (Lipinski definition) is 5. The highest BCUT2D eigenvalue weighted by Crippen LogP contribution is 2.31. The number of amides is 1. The molecule has 1 N–H and O–H groups in total. The predicted octanol–water partition coefficient (Wildman–Crippen LogP) is 4.32. The van der Waals surface area contributed by atoms with Gasteiger partial charge in [-0.1, -0.05) is 23.7 Å². The van der Waals surface area contributed by atoms with Crippen LogP contribution < -0.4 is 10.1 Å². The molecule has 1 saturated heterocycles.